The molecule has 0 spiro atoms. The number of carbonyl (C=O) groups is 1. The standard InChI is InChI=1S/C21H28N4O/c1-5-16(4)24-20(26)18-8-6-7-17(12-18)13-23-21(22)25-19-10-9-14(2)15(3)11-19/h6-12,16H,5,13H2,1-4H3,(H,24,26)(H3,22,23,25). The molecule has 2 aromatic rings. The molecule has 0 aliphatic carbocycles. The summed E-state index contributed by atoms with van der Waals surface area (Å²) < 4.78 is 0. The molecule has 26 heavy (non-hydrogen) atoms. The number of hydrogen-bond acceptors (Lipinski definition) is 2. The molecule has 0 aromatic heterocycles. The summed E-state index contributed by atoms with van der Waals surface area (Å²) in [6.45, 7) is 8.57. The Labute approximate surface area is 155 Å². The third-order valence-electron chi connectivity index (χ3n) is 4.39. The highest BCUT2D eigenvalue weighted by molar-refractivity contribution is 5.94. The smallest absolute Gasteiger partial charge is 0.251 e. The molecule has 1 unspecified atom stereocenters. The molecule has 0 heterocycles. The van der Waals surface area contributed by atoms with Crippen LogP contribution in [0.3, 0.4) is 0 Å². The SMILES string of the molecule is CCC(C)NC(=O)c1cccc(CN=C(N)Nc2ccc(C)c(C)c2)c1. The second-order valence-corrected chi connectivity index (χ2v) is 6.61. The van der Waals surface area contributed by atoms with E-state index in [2.05, 4.69) is 29.5 Å². The van der Waals surface area contributed by atoms with Crippen LogP contribution in [-0.4, -0.2) is 17.9 Å². The van der Waals surface area contributed by atoms with Crippen LogP contribution in [0.15, 0.2) is 47.5 Å². The van der Waals surface area contributed by atoms with E-state index in [9.17, 15) is 4.79 Å². The molecular weight excluding hydrogens is 324 g/mol. The summed E-state index contributed by atoms with van der Waals surface area (Å²) in [5, 5.41) is 6.07. The number of nitrogens with one attached hydrogen (secondary N) is 2. The monoisotopic (exact) mass is 352 g/mol. The number of aryl methyl sites for hydroxylation is 2. The normalized spacial score (nSPS) is 12.5. The van der Waals surface area contributed by atoms with Crippen LogP contribution >= 0.6 is 0 Å². The Balaban J connectivity index is 2.01. The topological polar surface area (TPSA) is 79.5 Å². The molecule has 2 rings (SSSR count). The fraction of sp³-hybridized carbons (Fsp3) is 0.333. The number of carbonyl (C=O) groups excluding carboxylic acids is 1. The lowest BCUT2D eigenvalue weighted by Gasteiger charge is -2.12. The van der Waals surface area contributed by atoms with Crippen molar-refractivity contribution >= 4 is 17.6 Å². The van der Waals surface area contributed by atoms with Gasteiger partial charge in [0.2, 0.25) is 0 Å². The van der Waals surface area contributed by atoms with Crippen LogP contribution in [0.1, 0.15) is 47.3 Å². The molecule has 5 nitrogen and oxygen atoms in total. The average Bonchev–Trinajstić information content (AvgIpc) is 2.63. The number of hydrogen-bond donors (Lipinski definition) is 3. The van der Waals surface area contributed by atoms with E-state index in [0.29, 0.717) is 18.1 Å². The van der Waals surface area contributed by atoms with E-state index >= 15 is 0 Å². The maximum atomic E-state index is 12.2. The summed E-state index contributed by atoms with van der Waals surface area (Å²) in [5.74, 6) is 0.286. The number of rotatable bonds is 6. The lowest BCUT2D eigenvalue weighted by molar-refractivity contribution is 0.0939. The lowest BCUT2D eigenvalue weighted by Crippen LogP contribution is -2.31. The van der Waals surface area contributed by atoms with Crippen molar-refractivity contribution in [3.05, 3.63) is 64.7 Å². The Bertz CT molecular complexity index is 798. The minimum Gasteiger partial charge on any atom is -0.370 e. The molecule has 0 aliphatic rings. The van der Waals surface area contributed by atoms with Gasteiger partial charge in [0.15, 0.2) is 5.96 Å². The number of nitrogens with two attached hydrogens (primary N) is 1. The van der Waals surface area contributed by atoms with E-state index in [0.717, 1.165) is 17.7 Å². The van der Waals surface area contributed by atoms with Crippen molar-refractivity contribution in [2.45, 2.75) is 46.7 Å². The van der Waals surface area contributed by atoms with Crippen LogP contribution in [0.2, 0.25) is 0 Å². The third-order valence-corrected chi connectivity index (χ3v) is 4.39. The number of aliphatic imine (C=N–C) groups is 1. The highest BCUT2D eigenvalue weighted by Gasteiger charge is 2.08. The lowest BCUT2D eigenvalue weighted by atomic mass is 10.1. The summed E-state index contributed by atoms with van der Waals surface area (Å²) in [6.07, 6.45) is 0.899. The van der Waals surface area contributed by atoms with Crippen LogP contribution in [0.5, 0.6) is 0 Å². The van der Waals surface area contributed by atoms with E-state index in [-0.39, 0.29) is 11.9 Å². The van der Waals surface area contributed by atoms with E-state index in [1.807, 2.05) is 56.3 Å². The molecule has 4 N–H and O–H groups in total. The van der Waals surface area contributed by atoms with E-state index in [1.165, 1.54) is 11.1 Å². The molecule has 1 atom stereocenters. The second-order valence-electron chi connectivity index (χ2n) is 6.61. The second kappa shape index (κ2) is 9.04. The zero-order valence-electron chi connectivity index (χ0n) is 16.0. The fourth-order valence-electron chi connectivity index (χ4n) is 2.40. The Morgan fingerprint density at radius 3 is 2.62 bits per heavy atom. The Morgan fingerprint density at radius 1 is 1.15 bits per heavy atom. The summed E-state index contributed by atoms with van der Waals surface area (Å²) in [6, 6.07) is 13.7. The molecule has 0 fully saturated rings. The van der Waals surface area contributed by atoms with Crippen molar-refractivity contribution in [3.63, 3.8) is 0 Å². The van der Waals surface area contributed by atoms with E-state index in [1.54, 1.807) is 0 Å². The first-order valence-electron chi connectivity index (χ1n) is 8.93. The van der Waals surface area contributed by atoms with E-state index in [4.69, 9.17) is 5.73 Å². The molecule has 0 saturated carbocycles. The first kappa shape index (κ1) is 19.5. The Hall–Kier alpha value is -2.82. The largest absolute Gasteiger partial charge is 0.370 e. The van der Waals surface area contributed by atoms with Gasteiger partial charge in [0.25, 0.3) is 5.91 Å². The van der Waals surface area contributed by atoms with Crippen LogP contribution < -0.4 is 16.4 Å². The number of amides is 1. The zero-order chi connectivity index (χ0) is 19.1. The van der Waals surface area contributed by atoms with Crippen LogP contribution in [0.25, 0.3) is 0 Å². The zero-order valence-corrected chi connectivity index (χ0v) is 16.0. The molecule has 138 valence electrons. The maximum Gasteiger partial charge on any atom is 0.251 e. The Kier molecular flexibility index (Phi) is 6.78. The molecule has 0 saturated heterocycles. The minimum absolute atomic E-state index is 0.0635. The van der Waals surface area contributed by atoms with Crippen LogP contribution in [-0.2, 0) is 6.54 Å². The first-order valence-corrected chi connectivity index (χ1v) is 8.93. The summed E-state index contributed by atoms with van der Waals surface area (Å²) in [4.78, 5) is 16.6. The van der Waals surface area contributed by atoms with Gasteiger partial charge in [-0.1, -0.05) is 25.1 Å². The van der Waals surface area contributed by atoms with Gasteiger partial charge < -0.3 is 16.4 Å². The van der Waals surface area contributed by atoms with Gasteiger partial charge >= 0.3 is 0 Å². The van der Waals surface area contributed by atoms with Gasteiger partial charge in [-0.05, 0) is 68.1 Å². The van der Waals surface area contributed by atoms with Crippen molar-refractivity contribution in [2.24, 2.45) is 10.7 Å². The number of nitrogens with zero attached hydrogens (tertiary/aromatic N) is 1. The Morgan fingerprint density at radius 2 is 1.92 bits per heavy atom. The van der Waals surface area contributed by atoms with Gasteiger partial charge in [-0.2, -0.15) is 0 Å². The molecule has 5 heteroatoms. The molecule has 0 bridgehead atoms. The van der Waals surface area contributed by atoms with Crippen LogP contribution in [0, 0.1) is 13.8 Å². The molecule has 1 amide bonds. The first-order chi connectivity index (χ1) is 12.4. The molecule has 0 radical (unpaired) electrons. The van der Waals surface area contributed by atoms with Gasteiger partial charge in [0.05, 0.1) is 6.54 Å². The predicted molar refractivity (Wildman–Crippen MR) is 109 cm³/mol. The van der Waals surface area contributed by atoms with Gasteiger partial charge in [-0.25, -0.2) is 4.99 Å². The highest BCUT2D eigenvalue weighted by atomic mass is 16.1. The van der Waals surface area contributed by atoms with Crippen molar-refractivity contribution in [1.29, 1.82) is 0 Å². The summed E-state index contributed by atoms with van der Waals surface area (Å²) in [5.41, 5.74) is 10.9. The third kappa shape index (κ3) is 5.62. The van der Waals surface area contributed by atoms with Crippen molar-refractivity contribution in [3.8, 4) is 0 Å². The average molecular weight is 352 g/mol. The van der Waals surface area contributed by atoms with Gasteiger partial charge in [0, 0.05) is 17.3 Å². The quantitative estimate of drug-likeness (QED) is 0.547. The minimum atomic E-state index is -0.0635. The number of anilines is 1. The van der Waals surface area contributed by atoms with Crippen molar-refractivity contribution < 1.29 is 4.79 Å². The van der Waals surface area contributed by atoms with Gasteiger partial charge in [-0.3, -0.25) is 4.79 Å². The van der Waals surface area contributed by atoms with Crippen LogP contribution in [0.4, 0.5) is 5.69 Å². The van der Waals surface area contributed by atoms with Crippen molar-refractivity contribution in [2.75, 3.05) is 5.32 Å². The summed E-state index contributed by atoms with van der Waals surface area (Å²) in [7, 11) is 0. The predicted octanol–water partition coefficient (Wildman–Crippen LogP) is 3.76. The van der Waals surface area contributed by atoms with Gasteiger partial charge in [0.1, 0.15) is 0 Å². The molecule has 2 aromatic carbocycles. The van der Waals surface area contributed by atoms with E-state index < -0.39 is 0 Å². The fourth-order valence-corrected chi connectivity index (χ4v) is 2.40. The summed E-state index contributed by atoms with van der Waals surface area (Å²) >= 11 is 0. The molecular formula is C21H28N4O. The maximum absolute atomic E-state index is 12.2. The number of guanidine groups is 1. The number of benzene rings is 2. The van der Waals surface area contributed by atoms with Gasteiger partial charge in [-0.15, -0.1) is 0 Å². The molecule has 0 aliphatic heterocycles. The van der Waals surface area contributed by atoms with Crippen molar-refractivity contribution in [1.82, 2.24) is 5.32 Å². The highest BCUT2D eigenvalue weighted by Crippen LogP contribution is 2.14.